The minimum Gasteiger partial charge on any atom is -0.497 e. The SMILES string of the molecule is CC1(C)OB(c2ccc(N)nc2)OC1(C)C.COc1cccc(CBr)c1.COc1cccc(Cc2ccc(N)nc2)c1.COc1cccc(Cc2ccc(NC(=O)c3ccc(=O)n(C)n3)nc2)c1.Cn1nc(C(=O)O)ccc1=O. The summed E-state index contributed by atoms with van der Waals surface area (Å²) in [7, 11) is 7.51. The maximum absolute atomic E-state index is 12.2. The number of pyridine rings is 3. The molecule has 0 unspecified atom stereocenters. The number of carboxylic acids is 1. The van der Waals surface area contributed by atoms with E-state index in [1.54, 1.807) is 52.1 Å². The van der Waals surface area contributed by atoms with Gasteiger partial charge in [-0.1, -0.05) is 70.5 Å². The lowest BCUT2D eigenvalue weighted by molar-refractivity contribution is 0.00578. The van der Waals surface area contributed by atoms with Crippen LogP contribution in [0.2, 0.25) is 0 Å². The number of nitrogen functional groups attached to an aromatic ring is 2. The number of rotatable bonds is 12. The van der Waals surface area contributed by atoms with Crippen molar-refractivity contribution in [3.05, 3.63) is 212 Å². The summed E-state index contributed by atoms with van der Waals surface area (Å²) in [5.41, 5.74) is 16.4. The number of carbonyl (C=O) groups is 2. The minimum absolute atomic E-state index is 0.132. The number of anilines is 3. The molecule has 1 saturated heterocycles. The lowest BCUT2D eigenvalue weighted by atomic mass is 9.80. The van der Waals surface area contributed by atoms with Crippen molar-refractivity contribution >= 4 is 57.8 Å². The van der Waals surface area contributed by atoms with Gasteiger partial charge in [0.05, 0.1) is 32.5 Å². The van der Waals surface area contributed by atoms with Crippen molar-refractivity contribution in [3.63, 3.8) is 0 Å². The number of alkyl halides is 1. The first-order chi connectivity index (χ1) is 37.6. The largest absolute Gasteiger partial charge is 0.497 e. The highest BCUT2D eigenvalue weighted by Crippen LogP contribution is 2.36. The first kappa shape index (κ1) is 61.1. The molecular formula is C57H64BBrN10O10. The normalized spacial score (nSPS) is 12.5. The standard InChI is InChI=1S/C19H18N4O3.C13H14N2O.C11H17BN2O2.C8H9BrO.C6H6N2O3/c1-23-18(24)9-7-16(22-23)19(25)21-17-8-6-14(12-20-17)10-13-4-3-5-15(11-13)26-2;1-16-12-4-2-3-10(8-12)7-11-5-6-13(14)15-9-11;1-10(2)11(3,4)16-12(15-10)8-5-6-9(13)14-7-8;1-10-8-4-2-3-7(5-8)6-9;1-8-5(9)3-2-4(7-8)6(10)11/h3-9,11-12H,10H2,1-2H3,(H,20,21,25);2-6,8-9H,7H2,1H3,(H2,14,15);5-7H,1-4H3,(H2,13,14);2-5H,6H2,1H3;2-3H,1H3,(H,10,11). The van der Waals surface area contributed by atoms with Gasteiger partial charge in [-0.3, -0.25) is 14.4 Å². The molecule has 0 saturated carbocycles. The Morgan fingerprint density at radius 2 is 1.04 bits per heavy atom. The summed E-state index contributed by atoms with van der Waals surface area (Å²) < 4.78 is 29.3. The van der Waals surface area contributed by atoms with Gasteiger partial charge in [0.25, 0.3) is 17.0 Å². The summed E-state index contributed by atoms with van der Waals surface area (Å²) in [6.45, 7) is 8.10. The Morgan fingerprint density at radius 3 is 1.46 bits per heavy atom. The third kappa shape index (κ3) is 19.1. The summed E-state index contributed by atoms with van der Waals surface area (Å²) >= 11 is 3.37. The van der Waals surface area contributed by atoms with Crippen LogP contribution in [0.4, 0.5) is 17.5 Å². The Morgan fingerprint density at radius 1 is 0.595 bits per heavy atom. The number of carboxylic acid groups (broad SMARTS) is 1. The van der Waals surface area contributed by atoms with Gasteiger partial charge in [-0.2, -0.15) is 10.2 Å². The first-order valence-corrected chi connectivity index (χ1v) is 25.5. The molecule has 0 radical (unpaired) electrons. The molecule has 22 heteroatoms. The number of halogens is 1. The summed E-state index contributed by atoms with van der Waals surface area (Å²) in [6.07, 6.45) is 6.75. The van der Waals surface area contributed by atoms with Gasteiger partial charge in [-0.05, 0) is 135 Å². The van der Waals surface area contributed by atoms with E-state index in [0.717, 1.165) is 66.6 Å². The lowest BCUT2D eigenvalue weighted by Crippen LogP contribution is -2.41. The fraction of sp³-hybridized carbons (Fsp3) is 0.246. The molecule has 3 aromatic carbocycles. The highest BCUT2D eigenvalue weighted by molar-refractivity contribution is 9.08. The Labute approximate surface area is 467 Å². The van der Waals surface area contributed by atoms with E-state index in [1.807, 2.05) is 113 Å². The second kappa shape index (κ2) is 29.1. The number of aromatic carboxylic acids is 1. The van der Waals surface area contributed by atoms with E-state index in [0.29, 0.717) is 23.9 Å². The number of hydrogen-bond acceptors (Lipinski definition) is 16. The van der Waals surface area contributed by atoms with Gasteiger partial charge in [0.1, 0.15) is 40.4 Å². The Bertz CT molecular complexity index is 3350. The number of methoxy groups -OCH3 is 3. The van der Waals surface area contributed by atoms with Crippen molar-refractivity contribution < 1.29 is 38.2 Å². The molecular weight excluding hydrogens is 1080 g/mol. The average Bonchev–Trinajstić information content (AvgIpc) is 3.68. The molecule has 1 amide bonds. The number of carbonyl (C=O) groups excluding carboxylic acids is 1. The maximum atomic E-state index is 12.2. The zero-order chi connectivity index (χ0) is 57.7. The fourth-order valence-electron chi connectivity index (χ4n) is 6.89. The van der Waals surface area contributed by atoms with Crippen LogP contribution >= 0.6 is 15.9 Å². The molecule has 1 aliphatic heterocycles. The first-order valence-electron chi connectivity index (χ1n) is 24.4. The van der Waals surface area contributed by atoms with Crippen molar-refractivity contribution in [2.45, 2.75) is 57.1 Å². The number of nitrogens with zero attached hydrogens (tertiary/aromatic N) is 7. The van der Waals surface area contributed by atoms with E-state index in [4.69, 9.17) is 40.1 Å². The Kier molecular flexibility index (Phi) is 22.5. The minimum atomic E-state index is -1.14. The maximum Gasteiger partial charge on any atom is 0.496 e. The quantitative estimate of drug-likeness (QED) is 0.0689. The van der Waals surface area contributed by atoms with E-state index in [-0.39, 0.29) is 40.8 Å². The highest BCUT2D eigenvalue weighted by atomic mass is 79.9. The third-order valence-electron chi connectivity index (χ3n) is 12.0. The highest BCUT2D eigenvalue weighted by Gasteiger charge is 2.51. The lowest BCUT2D eigenvalue weighted by Gasteiger charge is -2.32. The van der Waals surface area contributed by atoms with Gasteiger partial charge in [-0.15, -0.1) is 0 Å². The molecule has 0 aliphatic carbocycles. The Hall–Kier alpha value is -8.73. The smallest absolute Gasteiger partial charge is 0.496 e. The fourth-order valence-corrected chi connectivity index (χ4v) is 7.24. The number of amides is 1. The van der Waals surface area contributed by atoms with Crippen LogP contribution in [-0.2, 0) is 41.6 Å². The predicted molar refractivity (Wildman–Crippen MR) is 308 cm³/mol. The molecule has 8 aromatic rings. The van der Waals surface area contributed by atoms with Crippen molar-refractivity contribution in [2.24, 2.45) is 14.1 Å². The number of aromatic nitrogens is 7. The number of nitrogens with two attached hydrogens (primary N) is 2. The van der Waals surface area contributed by atoms with E-state index in [9.17, 15) is 19.2 Å². The topological polar surface area (TPSA) is 273 Å². The molecule has 0 spiro atoms. The van der Waals surface area contributed by atoms with Crippen LogP contribution in [0.25, 0.3) is 0 Å². The number of benzene rings is 3. The molecule has 412 valence electrons. The number of ether oxygens (including phenoxy) is 3. The second-order valence-corrected chi connectivity index (χ2v) is 19.0. The molecule has 20 nitrogen and oxygen atoms in total. The predicted octanol–water partition coefficient (Wildman–Crippen LogP) is 7.32. The zero-order valence-corrected chi connectivity index (χ0v) is 47.0. The summed E-state index contributed by atoms with van der Waals surface area (Å²) in [5, 5.41) is 19.4. The molecule has 6 N–H and O–H groups in total. The van der Waals surface area contributed by atoms with Crippen molar-refractivity contribution in [1.29, 1.82) is 0 Å². The van der Waals surface area contributed by atoms with Crippen LogP contribution in [0, 0.1) is 0 Å². The van der Waals surface area contributed by atoms with Gasteiger partial charge >= 0.3 is 13.1 Å². The molecule has 6 heterocycles. The van der Waals surface area contributed by atoms with Crippen LogP contribution in [-0.4, -0.2) is 91.1 Å². The molecule has 5 aromatic heterocycles. The molecule has 0 atom stereocenters. The molecule has 1 fully saturated rings. The zero-order valence-electron chi connectivity index (χ0n) is 45.4. The van der Waals surface area contributed by atoms with Crippen LogP contribution in [0.1, 0.15) is 76.5 Å². The number of aryl methyl sites for hydroxylation is 2. The van der Waals surface area contributed by atoms with Gasteiger partial charge in [-0.25, -0.2) is 29.1 Å². The van der Waals surface area contributed by atoms with Gasteiger partial charge in [0.15, 0.2) is 5.69 Å². The summed E-state index contributed by atoms with van der Waals surface area (Å²) in [6, 6.07) is 39.9. The van der Waals surface area contributed by atoms with Crippen molar-refractivity contribution in [2.75, 3.05) is 38.1 Å². The number of nitrogens with one attached hydrogen (secondary N) is 1. The van der Waals surface area contributed by atoms with Crippen LogP contribution in [0.3, 0.4) is 0 Å². The third-order valence-corrected chi connectivity index (χ3v) is 12.6. The van der Waals surface area contributed by atoms with Crippen molar-refractivity contribution in [1.82, 2.24) is 34.5 Å². The summed E-state index contributed by atoms with van der Waals surface area (Å²) in [4.78, 5) is 56.9. The number of hydrogen-bond donors (Lipinski definition) is 4. The van der Waals surface area contributed by atoms with E-state index < -0.39 is 11.9 Å². The van der Waals surface area contributed by atoms with Crippen LogP contribution in [0.15, 0.2) is 162 Å². The van der Waals surface area contributed by atoms with Gasteiger partial charge in [0, 0.05) is 55.6 Å². The summed E-state index contributed by atoms with van der Waals surface area (Å²) in [5.74, 6) is 2.51. The van der Waals surface area contributed by atoms with Gasteiger partial charge < -0.3 is 45.4 Å². The molecule has 0 bridgehead atoms. The van der Waals surface area contributed by atoms with E-state index in [1.165, 1.54) is 43.4 Å². The van der Waals surface area contributed by atoms with E-state index in [2.05, 4.69) is 58.5 Å². The van der Waals surface area contributed by atoms with Crippen LogP contribution in [0.5, 0.6) is 17.2 Å². The molecule has 9 rings (SSSR count). The molecule has 79 heavy (non-hydrogen) atoms. The monoisotopic (exact) mass is 1140 g/mol. The van der Waals surface area contributed by atoms with Crippen LogP contribution < -0.4 is 47.6 Å². The second-order valence-electron chi connectivity index (χ2n) is 18.4. The van der Waals surface area contributed by atoms with Crippen molar-refractivity contribution in [3.8, 4) is 17.2 Å². The average molecular weight is 1140 g/mol. The van der Waals surface area contributed by atoms with E-state index >= 15 is 0 Å². The van der Waals surface area contributed by atoms with Gasteiger partial charge in [0.2, 0.25) is 0 Å². The molecule has 1 aliphatic rings. The Balaban J connectivity index is 0.000000190.